The third-order valence-corrected chi connectivity index (χ3v) is 5.67. The highest BCUT2D eigenvalue weighted by atomic mass is 35.5. The zero-order chi connectivity index (χ0) is 19.1. The standard InChI is InChI=1S/C19H27ClN2O3S/c1-4-5-10-25-18(23)16-12-26-17(11-13(2)3)22(16)19(24)21-15-8-6-14(20)7-9-15/h6-9,13,16-17H,4-5,10-12H2,1-3H3,(H,21,24). The van der Waals surface area contributed by atoms with Gasteiger partial charge in [-0.3, -0.25) is 4.90 Å². The lowest BCUT2D eigenvalue weighted by atomic mass is 10.1. The van der Waals surface area contributed by atoms with Gasteiger partial charge in [-0.05, 0) is 43.0 Å². The maximum absolute atomic E-state index is 12.9. The van der Waals surface area contributed by atoms with Crippen molar-refractivity contribution in [3.63, 3.8) is 0 Å². The first-order valence-electron chi connectivity index (χ1n) is 9.05. The Morgan fingerprint density at radius 1 is 1.35 bits per heavy atom. The van der Waals surface area contributed by atoms with Gasteiger partial charge in [-0.15, -0.1) is 11.8 Å². The molecule has 2 amide bonds. The highest BCUT2D eigenvalue weighted by molar-refractivity contribution is 8.00. The Bertz CT molecular complexity index is 609. The number of esters is 1. The molecule has 1 N–H and O–H groups in total. The number of carbonyl (C=O) groups excluding carboxylic acids is 2. The van der Waals surface area contributed by atoms with Gasteiger partial charge < -0.3 is 10.1 Å². The number of rotatable bonds is 7. The van der Waals surface area contributed by atoms with Crippen LogP contribution < -0.4 is 5.32 Å². The first kappa shape index (κ1) is 20.9. The number of urea groups is 1. The number of hydrogen-bond acceptors (Lipinski definition) is 4. The van der Waals surface area contributed by atoms with Gasteiger partial charge in [-0.2, -0.15) is 0 Å². The van der Waals surface area contributed by atoms with E-state index in [4.69, 9.17) is 16.3 Å². The van der Waals surface area contributed by atoms with Crippen molar-refractivity contribution in [1.29, 1.82) is 0 Å². The van der Waals surface area contributed by atoms with Gasteiger partial charge in [0.2, 0.25) is 0 Å². The largest absolute Gasteiger partial charge is 0.464 e. The van der Waals surface area contributed by atoms with E-state index in [1.54, 1.807) is 40.9 Å². The molecule has 1 aromatic rings. The molecule has 144 valence electrons. The van der Waals surface area contributed by atoms with Crippen molar-refractivity contribution in [2.24, 2.45) is 5.92 Å². The molecular formula is C19H27ClN2O3S. The summed E-state index contributed by atoms with van der Waals surface area (Å²) in [5.41, 5.74) is 0.651. The van der Waals surface area contributed by atoms with Crippen LogP contribution in [0.3, 0.4) is 0 Å². The van der Waals surface area contributed by atoms with Gasteiger partial charge in [0.1, 0.15) is 6.04 Å². The topological polar surface area (TPSA) is 58.6 Å². The summed E-state index contributed by atoms with van der Waals surface area (Å²) >= 11 is 7.53. The van der Waals surface area contributed by atoms with E-state index in [2.05, 4.69) is 19.2 Å². The second-order valence-electron chi connectivity index (χ2n) is 6.80. The van der Waals surface area contributed by atoms with E-state index < -0.39 is 6.04 Å². The van der Waals surface area contributed by atoms with E-state index in [1.165, 1.54) is 0 Å². The van der Waals surface area contributed by atoms with Crippen LogP contribution in [-0.2, 0) is 9.53 Å². The summed E-state index contributed by atoms with van der Waals surface area (Å²) in [5.74, 6) is 0.674. The minimum atomic E-state index is -0.548. The van der Waals surface area contributed by atoms with Crippen LogP contribution >= 0.6 is 23.4 Å². The van der Waals surface area contributed by atoms with Crippen molar-refractivity contribution in [2.45, 2.75) is 51.4 Å². The van der Waals surface area contributed by atoms with E-state index in [9.17, 15) is 9.59 Å². The number of nitrogens with one attached hydrogen (secondary N) is 1. The highest BCUT2D eigenvalue weighted by Crippen LogP contribution is 2.34. The van der Waals surface area contributed by atoms with Gasteiger partial charge in [0, 0.05) is 16.5 Å². The van der Waals surface area contributed by atoms with Gasteiger partial charge in [0.25, 0.3) is 0 Å². The van der Waals surface area contributed by atoms with Crippen LogP contribution in [0.5, 0.6) is 0 Å². The smallest absolute Gasteiger partial charge is 0.329 e. The number of carbonyl (C=O) groups is 2. The van der Waals surface area contributed by atoms with Crippen molar-refractivity contribution in [2.75, 3.05) is 17.7 Å². The van der Waals surface area contributed by atoms with E-state index in [0.29, 0.717) is 29.0 Å². The Balaban J connectivity index is 2.10. The second-order valence-corrected chi connectivity index (χ2v) is 8.45. The first-order chi connectivity index (χ1) is 12.4. The van der Waals surface area contributed by atoms with Crippen LogP contribution in [0.15, 0.2) is 24.3 Å². The van der Waals surface area contributed by atoms with Crippen molar-refractivity contribution >= 4 is 41.1 Å². The number of amides is 2. The van der Waals surface area contributed by atoms with Gasteiger partial charge in [-0.1, -0.05) is 38.8 Å². The molecule has 1 fully saturated rings. The van der Waals surface area contributed by atoms with Gasteiger partial charge in [0.15, 0.2) is 0 Å². The summed E-state index contributed by atoms with van der Waals surface area (Å²) in [6.07, 6.45) is 2.62. The lowest BCUT2D eigenvalue weighted by Gasteiger charge is -2.29. The Morgan fingerprint density at radius 2 is 2.04 bits per heavy atom. The summed E-state index contributed by atoms with van der Waals surface area (Å²) in [6, 6.07) is 6.11. The molecule has 1 heterocycles. The SMILES string of the molecule is CCCCOC(=O)C1CSC(CC(C)C)N1C(=O)Nc1ccc(Cl)cc1. The fourth-order valence-corrected chi connectivity index (χ4v) is 4.49. The van der Waals surface area contributed by atoms with Crippen LogP contribution in [-0.4, -0.2) is 40.7 Å². The number of ether oxygens (including phenoxy) is 1. The quantitative estimate of drug-likeness (QED) is 0.518. The molecule has 0 aromatic heterocycles. The van der Waals surface area contributed by atoms with E-state index >= 15 is 0 Å². The molecule has 0 radical (unpaired) electrons. The molecule has 0 spiro atoms. The van der Waals surface area contributed by atoms with Crippen LogP contribution in [0.4, 0.5) is 10.5 Å². The molecule has 0 bridgehead atoms. The predicted octanol–water partition coefficient (Wildman–Crippen LogP) is 5.00. The zero-order valence-corrected chi connectivity index (χ0v) is 17.1. The van der Waals surface area contributed by atoms with Crippen molar-refractivity contribution in [3.8, 4) is 0 Å². The van der Waals surface area contributed by atoms with Crippen molar-refractivity contribution in [3.05, 3.63) is 29.3 Å². The van der Waals surface area contributed by atoms with Crippen molar-refractivity contribution in [1.82, 2.24) is 4.90 Å². The molecule has 1 aromatic carbocycles. The molecule has 1 saturated heterocycles. The molecule has 2 atom stereocenters. The fourth-order valence-electron chi connectivity index (χ4n) is 2.74. The molecule has 5 nitrogen and oxygen atoms in total. The predicted molar refractivity (Wildman–Crippen MR) is 108 cm³/mol. The molecule has 0 saturated carbocycles. The summed E-state index contributed by atoms with van der Waals surface area (Å²) in [7, 11) is 0. The van der Waals surface area contributed by atoms with E-state index in [0.717, 1.165) is 19.3 Å². The zero-order valence-electron chi connectivity index (χ0n) is 15.5. The molecule has 1 aliphatic rings. The minimum Gasteiger partial charge on any atom is -0.464 e. The van der Waals surface area contributed by atoms with Crippen LogP contribution in [0.1, 0.15) is 40.0 Å². The number of hydrogen-bond donors (Lipinski definition) is 1. The average molecular weight is 399 g/mol. The molecule has 0 aliphatic carbocycles. The average Bonchev–Trinajstić information content (AvgIpc) is 3.00. The van der Waals surface area contributed by atoms with Crippen LogP contribution in [0.2, 0.25) is 5.02 Å². The van der Waals surface area contributed by atoms with Gasteiger partial charge in [0.05, 0.1) is 12.0 Å². The molecule has 26 heavy (non-hydrogen) atoms. The first-order valence-corrected chi connectivity index (χ1v) is 10.5. The molecule has 2 unspecified atom stereocenters. The van der Waals surface area contributed by atoms with Crippen LogP contribution in [0.25, 0.3) is 0 Å². The number of nitrogens with zero attached hydrogens (tertiary/aromatic N) is 1. The minimum absolute atomic E-state index is 0.0361. The highest BCUT2D eigenvalue weighted by Gasteiger charge is 2.42. The summed E-state index contributed by atoms with van der Waals surface area (Å²) in [6.45, 7) is 6.67. The molecular weight excluding hydrogens is 372 g/mol. The maximum atomic E-state index is 12.9. The van der Waals surface area contributed by atoms with Crippen LogP contribution in [0, 0.1) is 5.92 Å². The molecule has 7 heteroatoms. The Hall–Kier alpha value is -1.40. The number of unbranched alkanes of at least 4 members (excludes halogenated alkanes) is 1. The number of anilines is 1. The third kappa shape index (κ3) is 5.81. The maximum Gasteiger partial charge on any atom is 0.329 e. The van der Waals surface area contributed by atoms with Gasteiger partial charge in [-0.25, -0.2) is 9.59 Å². The Kier molecular flexibility index (Phi) is 8.10. The number of halogens is 1. The lowest BCUT2D eigenvalue weighted by molar-refractivity contribution is -0.148. The van der Waals surface area contributed by atoms with Crippen molar-refractivity contribution < 1.29 is 14.3 Å². The molecule has 2 rings (SSSR count). The third-order valence-electron chi connectivity index (χ3n) is 4.11. The lowest BCUT2D eigenvalue weighted by Crippen LogP contribution is -2.48. The fraction of sp³-hybridized carbons (Fsp3) is 0.579. The summed E-state index contributed by atoms with van der Waals surface area (Å²) < 4.78 is 5.37. The number of thioether (sulfide) groups is 1. The number of benzene rings is 1. The monoisotopic (exact) mass is 398 g/mol. The van der Waals surface area contributed by atoms with E-state index in [-0.39, 0.29) is 17.4 Å². The van der Waals surface area contributed by atoms with E-state index in [1.807, 2.05) is 6.92 Å². The normalized spacial score (nSPS) is 19.7. The van der Waals surface area contributed by atoms with Gasteiger partial charge >= 0.3 is 12.0 Å². The Labute approximate surface area is 164 Å². The molecule has 1 aliphatic heterocycles. The Morgan fingerprint density at radius 3 is 2.65 bits per heavy atom. The summed E-state index contributed by atoms with van der Waals surface area (Å²) in [5, 5.41) is 3.44. The second kappa shape index (κ2) is 10.1. The summed E-state index contributed by atoms with van der Waals surface area (Å²) in [4.78, 5) is 27.0.